The molecule has 0 atom stereocenters. The molecule has 3 aromatic rings. The number of anilines is 2. The number of nitrogens with zero attached hydrogens (tertiary/aromatic N) is 1. The Kier molecular flexibility index (Phi) is 4.93. The number of hydrogen-bond donors (Lipinski definition) is 0. The average Bonchev–Trinajstić information content (AvgIpc) is 2.68. The van der Waals surface area contributed by atoms with Gasteiger partial charge in [0.2, 0.25) is 0 Å². The lowest BCUT2D eigenvalue weighted by Gasteiger charge is -2.32. The van der Waals surface area contributed by atoms with Crippen LogP contribution in [0.4, 0.5) is 11.4 Å². The molecule has 0 aliphatic carbocycles. The van der Waals surface area contributed by atoms with Crippen molar-refractivity contribution in [3.8, 4) is 5.75 Å². The van der Waals surface area contributed by atoms with E-state index in [1.54, 1.807) is 0 Å². The van der Waals surface area contributed by atoms with Gasteiger partial charge < -0.3 is 9.64 Å². The quantitative estimate of drug-likeness (QED) is 0.496. The lowest BCUT2D eigenvalue weighted by atomic mass is 10.2. The Labute approximate surface area is 153 Å². The highest BCUT2D eigenvalue weighted by Gasteiger charge is 2.22. The summed E-state index contributed by atoms with van der Waals surface area (Å²) in [4.78, 5) is 5.12. The molecule has 126 valence electrons. The maximum Gasteiger partial charge on any atom is 0.119 e. The second-order valence-corrected chi connectivity index (χ2v) is 7.14. The van der Waals surface area contributed by atoms with Crippen LogP contribution in [0, 0.1) is 0 Å². The van der Waals surface area contributed by atoms with Gasteiger partial charge in [0.05, 0.1) is 18.0 Å². The second-order valence-electron chi connectivity index (χ2n) is 6.06. The van der Waals surface area contributed by atoms with Crippen molar-refractivity contribution in [1.82, 2.24) is 0 Å². The summed E-state index contributed by atoms with van der Waals surface area (Å²) in [5, 5.41) is 0. The second kappa shape index (κ2) is 7.66. The molecule has 1 aliphatic heterocycles. The van der Waals surface area contributed by atoms with Crippen LogP contribution in [0.15, 0.2) is 88.7 Å². The van der Waals surface area contributed by atoms with Gasteiger partial charge in [-0.05, 0) is 49.2 Å². The first-order chi connectivity index (χ1) is 12.4. The molecule has 0 radical (unpaired) electrons. The highest BCUT2D eigenvalue weighted by atomic mass is 32.2. The van der Waals surface area contributed by atoms with Crippen molar-refractivity contribution in [2.45, 2.75) is 22.6 Å². The number of rotatable bonds is 6. The van der Waals surface area contributed by atoms with Gasteiger partial charge in [-0.25, -0.2) is 0 Å². The van der Waals surface area contributed by atoms with Crippen molar-refractivity contribution in [3.63, 3.8) is 0 Å². The van der Waals surface area contributed by atoms with Crippen LogP contribution in [0.5, 0.6) is 5.75 Å². The van der Waals surface area contributed by atoms with E-state index in [4.69, 9.17) is 4.74 Å². The fourth-order valence-corrected chi connectivity index (χ4v) is 4.20. The van der Waals surface area contributed by atoms with E-state index in [2.05, 4.69) is 53.4 Å². The average molecular weight is 347 g/mol. The van der Waals surface area contributed by atoms with E-state index >= 15 is 0 Å². The van der Waals surface area contributed by atoms with E-state index in [9.17, 15) is 0 Å². The number of benzene rings is 3. The third-order valence-electron chi connectivity index (χ3n) is 4.32. The summed E-state index contributed by atoms with van der Waals surface area (Å²) in [6.07, 6.45) is 2.14. The molecular weight excluding hydrogens is 326 g/mol. The van der Waals surface area contributed by atoms with Crippen LogP contribution in [-0.2, 0) is 0 Å². The van der Waals surface area contributed by atoms with Crippen LogP contribution in [0.1, 0.15) is 12.8 Å². The van der Waals surface area contributed by atoms with Crippen LogP contribution in [0.2, 0.25) is 0 Å². The van der Waals surface area contributed by atoms with E-state index in [1.807, 2.05) is 42.1 Å². The van der Waals surface area contributed by atoms with E-state index in [-0.39, 0.29) is 0 Å². The maximum absolute atomic E-state index is 5.81. The molecule has 0 saturated carbocycles. The minimum absolute atomic E-state index is 0.760. The zero-order valence-corrected chi connectivity index (χ0v) is 14.9. The fraction of sp³-hybridized carbons (Fsp3) is 0.182. The zero-order chi connectivity index (χ0) is 16.9. The van der Waals surface area contributed by atoms with Crippen molar-refractivity contribution < 1.29 is 4.74 Å². The molecule has 4 rings (SSSR count). The van der Waals surface area contributed by atoms with Crippen molar-refractivity contribution in [3.05, 3.63) is 78.9 Å². The Morgan fingerprint density at radius 3 is 1.96 bits per heavy atom. The van der Waals surface area contributed by atoms with Gasteiger partial charge in [0.1, 0.15) is 5.75 Å². The number of fused-ring (bicyclic) bond motifs is 2. The lowest BCUT2D eigenvalue weighted by Crippen LogP contribution is -2.22. The molecule has 2 nitrogen and oxygen atoms in total. The summed E-state index contributed by atoms with van der Waals surface area (Å²) in [7, 11) is 0. The van der Waals surface area contributed by atoms with E-state index in [1.165, 1.54) is 21.2 Å². The van der Waals surface area contributed by atoms with E-state index in [0.29, 0.717) is 0 Å². The molecule has 0 amide bonds. The molecule has 0 unspecified atom stereocenters. The Morgan fingerprint density at radius 2 is 1.28 bits per heavy atom. The third-order valence-corrected chi connectivity index (χ3v) is 5.45. The summed E-state index contributed by atoms with van der Waals surface area (Å²) in [5.74, 6) is 0.951. The number of para-hydroxylation sites is 3. The summed E-state index contributed by atoms with van der Waals surface area (Å²) in [6, 6.07) is 27.4. The topological polar surface area (TPSA) is 12.5 Å². The van der Waals surface area contributed by atoms with Crippen molar-refractivity contribution in [2.75, 3.05) is 18.1 Å². The lowest BCUT2D eigenvalue weighted by molar-refractivity contribution is 0.307. The molecule has 0 spiro atoms. The zero-order valence-electron chi connectivity index (χ0n) is 14.1. The molecule has 3 aromatic carbocycles. The Morgan fingerprint density at radius 1 is 0.680 bits per heavy atom. The van der Waals surface area contributed by atoms with Gasteiger partial charge in [-0.1, -0.05) is 54.2 Å². The molecule has 0 fully saturated rings. The van der Waals surface area contributed by atoms with Gasteiger partial charge in [0.15, 0.2) is 0 Å². The largest absolute Gasteiger partial charge is 0.494 e. The van der Waals surface area contributed by atoms with Crippen LogP contribution in [-0.4, -0.2) is 13.2 Å². The van der Waals surface area contributed by atoms with Gasteiger partial charge in [0, 0.05) is 16.3 Å². The highest BCUT2D eigenvalue weighted by Crippen LogP contribution is 2.47. The van der Waals surface area contributed by atoms with Crippen molar-refractivity contribution in [1.29, 1.82) is 0 Å². The SMILES string of the molecule is c1ccc(OCCCCN2c3ccccc3Sc3ccccc32)cc1. The van der Waals surface area contributed by atoms with Crippen LogP contribution < -0.4 is 9.64 Å². The third kappa shape index (κ3) is 3.67. The monoisotopic (exact) mass is 347 g/mol. The van der Waals surface area contributed by atoms with Crippen molar-refractivity contribution >= 4 is 23.1 Å². The Balaban J connectivity index is 1.40. The first-order valence-electron chi connectivity index (χ1n) is 8.73. The fourth-order valence-electron chi connectivity index (χ4n) is 3.10. The Bertz CT molecular complexity index is 789. The van der Waals surface area contributed by atoms with Crippen LogP contribution in [0.3, 0.4) is 0 Å². The summed E-state index contributed by atoms with van der Waals surface area (Å²) in [5.41, 5.74) is 2.63. The van der Waals surface area contributed by atoms with Gasteiger partial charge in [-0.2, -0.15) is 0 Å². The molecule has 0 aromatic heterocycles. The normalized spacial score (nSPS) is 12.4. The first-order valence-corrected chi connectivity index (χ1v) is 9.55. The van der Waals surface area contributed by atoms with Gasteiger partial charge in [-0.15, -0.1) is 0 Å². The number of hydrogen-bond acceptors (Lipinski definition) is 3. The number of unbranched alkanes of at least 4 members (excludes halogenated alkanes) is 1. The van der Waals surface area contributed by atoms with Gasteiger partial charge in [0.25, 0.3) is 0 Å². The predicted molar refractivity (Wildman–Crippen MR) is 105 cm³/mol. The van der Waals surface area contributed by atoms with Crippen LogP contribution in [0.25, 0.3) is 0 Å². The van der Waals surface area contributed by atoms with E-state index in [0.717, 1.165) is 31.7 Å². The standard InChI is InChI=1S/C22H21NOS/c1-2-10-18(11-3-1)24-17-9-8-16-23-19-12-4-6-14-21(19)25-22-15-7-5-13-20(22)23/h1-7,10-15H,8-9,16-17H2. The summed E-state index contributed by atoms with van der Waals surface area (Å²) in [6.45, 7) is 1.77. The molecule has 25 heavy (non-hydrogen) atoms. The molecule has 3 heteroatoms. The molecule has 0 saturated heterocycles. The Hall–Kier alpha value is -2.39. The minimum Gasteiger partial charge on any atom is -0.494 e. The molecule has 1 heterocycles. The highest BCUT2D eigenvalue weighted by molar-refractivity contribution is 7.99. The van der Waals surface area contributed by atoms with E-state index < -0.39 is 0 Å². The predicted octanol–water partition coefficient (Wildman–Crippen LogP) is 6.15. The van der Waals surface area contributed by atoms with Crippen LogP contribution >= 0.6 is 11.8 Å². The van der Waals surface area contributed by atoms with Gasteiger partial charge >= 0.3 is 0 Å². The summed E-state index contributed by atoms with van der Waals surface area (Å²) >= 11 is 1.86. The van der Waals surface area contributed by atoms with Crippen molar-refractivity contribution in [2.24, 2.45) is 0 Å². The molecule has 0 bridgehead atoms. The molecule has 0 N–H and O–H groups in total. The molecular formula is C22H21NOS. The van der Waals surface area contributed by atoms with Gasteiger partial charge in [-0.3, -0.25) is 0 Å². The minimum atomic E-state index is 0.760. The summed E-state index contributed by atoms with van der Waals surface area (Å²) < 4.78 is 5.81. The number of ether oxygens (including phenoxy) is 1. The molecule has 1 aliphatic rings. The first kappa shape index (κ1) is 16.1. The smallest absolute Gasteiger partial charge is 0.119 e. The maximum atomic E-state index is 5.81.